The van der Waals surface area contributed by atoms with E-state index in [1.807, 2.05) is 18.2 Å². The molecule has 72 valence electrons. The van der Waals surface area contributed by atoms with Crippen LogP contribution in [-0.2, 0) is 6.54 Å². The van der Waals surface area contributed by atoms with Crippen molar-refractivity contribution in [2.75, 3.05) is 13.1 Å². The molecule has 1 aromatic heterocycles. The number of hydrogen-bond acceptors (Lipinski definition) is 4. The number of hydrogen-bond donors (Lipinski definition) is 3. The summed E-state index contributed by atoms with van der Waals surface area (Å²) in [5.74, 6) is 0. The predicted octanol–water partition coefficient (Wildman–Crippen LogP) is -0.543. The van der Waals surface area contributed by atoms with Gasteiger partial charge in [0.2, 0.25) is 0 Å². The number of aromatic nitrogens is 1. The molecule has 0 radical (unpaired) electrons. The molecule has 1 heterocycles. The van der Waals surface area contributed by atoms with Crippen molar-refractivity contribution in [3.8, 4) is 0 Å². The molecule has 0 aliphatic carbocycles. The number of pyridine rings is 1. The van der Waals surface area contributed by atoms with E-state index in [9.17, 15) is 0 Å². The quantitative estimate of drug-likeness (QED) is 0.568. The maximum Gasteiger partial charge on any atom is 0.0541 e. The van der Waals surface area contributed by atoms with E-state index in [1.54, 1.807) is 6.20 Å². The lowest BCUT2D eigenvalue weighted by molar-refractivity contribution is 0.577. The summed E-state index contributed by atoms with van der Waals surface area (Å²) in [4.78, 5) is 4.17. The van der Waals surface area contributed by atoms with Gasteiger partial charge in [-0.1, -0.05) is 6.07 Å². The van der Waals surface area contributed by atoms with Gasteiger partial charge in [-0.15, -0.1) is 0 Å². The van der Waals surface area contributed by atoms with E-state index >= 15 is 0 Å². The van der Waals surface area contributed by atoms with Crippen molar-refractivity contribution in [3.63, 3.8) is 0 Å². The summed E-state index contributed by atoms with van der Waals surface area (Å²) < 4.78 is 0. The smallest absolute Gasteiger partial charge is 0.0541 e. The van der Waals surface area contributed by atoms with E-state index < -0.39 is 0 Å². The number of nitrogens with one attached hydrogen (secondary N) is 1. The molecule has 13 heavy (non-hydrogen) atoms. The van der Waals surface area contributed by atoms with Gasteiger partial charge in [-0.05, 0) is 12.1 Å². The predicted molar refractivity (Wildman–Crippen MR) is 53.0 cm³/mol. The van der Waals surface area contributed by atoms with Gasteiger partial charge in [0.1, 0.15) is 0 Å². The van der Waals surface area contributed by atoms with E-state index in [2.05, 4.69) is 10.3 Å². The minimum atomic E-state index is 0.0312. The second-order valence-electron chi connectivity index (χ2n) is 2.95. The van der Waals surface area contributed by atoms with E-state index in [4.69, 9.17) is 11.5 Å². The summed E-state index contributed by atoms with van der Waals surface area (Å²) >= 11 is 0. The Hall–Kier alpha value is -0.970. The summed E-state index contributed by atoms with van der Waals surface area (Å²) in [6.45, 7) is 1.98. The van der Waals surface area contributed by atoms with Gasteiger partial charge in [-0.25, -0.2) is 0 Å². The standard InChI is InChI=1S/C9H16N4/c10-5-8(11)6-12-7-9-3-1-2-4-13-9/h1-4,8,12H,5-7,10-11H2. The molecule has 4 nitrogen and oxygen atoms in total. The highest BCUT2D eigenvalue weighted by atomic mass is 14.9. The zero-order valence-electron chi connectivity index (χ0n) is 7.61. The topological polar surface area (TPSA) is 77.0 Å². The van der Waals surface area contributed by atoms with Gasteiger partial charge in [0.05, 0.1) is 5.69 Å². The van der Waals surface area contributed by atoms with Gasteiger partial charge in [0.15, 0.2) is 0 Å². The molecular formula is C9H16N4. The van der Waals surface area contributed by atoms with Crippen LogP contribution in [0.5, 0.6) is 0 Å². The highest BCUT2D eigenvalue weighted by molar-refractivity contribution is 5.02. The Labute approximate surface area is 78.3 Å². The lowest BCUT2D eigenvalue weighted by atomic mass is 10.3. The zero-order chi connectivity index (χ0) is 9.52. The molecule has 0 fully saturated rings. The van der Waals surface area contributed by atoms with Crippen LogP contribution < -0.4 is 16.8 Å². The third-order valence-corrected chi connectivity index (χ3v) is 1.74. The van der Waals surface area contributed by atoms with Crippen molar-refractivity contribution in [1.29, 1.82) is 0 Å². The van der Waals surface area contributed by atoms with Gasteiger partial charge in [-0.3, -0.25) is 4.98 Å². The molecule has 0 amide bonds. The fourth-order valence-electron chi connectivity index (χ4n) is 0.972. The van der Waals surface area contributed by atoms with Crippen LogP contribution in [-0.4, -0.2) is 24.1 Å². The number of rotatable bonds is 5. The largest absolute Gasteiger partial charge is 0.329 e. The lowest BCUT2D eigenvalue weighted by Crippen LogP contribution is -2.39. The molecule has 0 aromatic carbocycles. The van der Waals surface area contributed by atoms with Gasteiger partial charge in [0.25, 0.3) is 0 Å². The molecular weight excluding hydrogens is 164 g/mol. The van der Waals surface area contributed by atoms with Gasteiger partial charge >= 0.3 is 0 Å². The molecule has 0 aliphatic heterocycles. The van der Waals surface area contributed by atoms with Crippen LogP contribution in [0.1, 0.15) is 5.69 Å². The molecule has 1 unspecified atom stereocenters. The van der Waals surface area contributed by atoms with Crippen LogP contribution in [0.4, 0.5) is 0 Å². The number of nitrogens with zero attached hydrogens (tertiary/aromatic N) is 1. The molecule has 0 spiro atoms. The molecule has 0 saturated carbocycles. The van der Waals surface area contributed by atoms with Gasteiger partial charge in [-0.2, -0.15) is 0 Å². The molecule has 5 N–H and O–H groups in total. The van der Waals surface area contributed by atoms with Gasteiger partial charge < -0.3 is 16.8 Å². The van der Waals surface area contributed by atoms with E-state index in [0.717, 1.165) is 18.8 Å². The third-order valence-electron chi connectivity index (χ3n) is 1.74. The van der Waals surface area contributed by atoms with E-state index in [-0.39, 0.29) is 6.04 Å². The SMILES string of the molecule is NCC(N)CNCc1ccccn1. The first kappa shape index (κ1) is 10.1. The van der Waals surface area contributed by atoms with Crippen LogP contribution >= 0.6 is 0 Å². The maximum absolute atomic E-state index is 5.63. The van der Waals surface area contributed by atoms with Gasteiger partial charge in [0, 0.05) is 31.9 Å². The molecule has 1 atom stereocenters. The normalized spacial score (nSPS) is 12.8. The van der Waals surface area contributed by atoms with Crippen LogP contribution in [0, 0.1) is 0 Å². The highest BCUT2D eigenvalue weighted by Gasteiger charge is 1.98. The fraction of sp³-hybridized carbons (Fsp3) is 0.444. The van der Waals surface area contributed by atoms with E-state index in [1.165, 1.54) is 0 Å². The second kappa shape index (κ2) is 5.64. The minimum absolute atomic E-state index is 0.0312. The van der Waals surface area contributed by atoms with Crippen LogP contribution in [0.3, 0.4) is 0 Å². The Kier molecular flexibility index (Phi) is 4.39. The first-order chi connectivity index (χ1) is 6.33. The first-order valence-corrected chi connectivity index (χ1v) is 4.39. The third kappa shape index (κ3) is 3.98. The Morgan fingerprint density at radius 1 is 1.46 bits per heavy atom. The van der Waals surface area contributed by atoms with Crippen LogP contribution in [0.15, 0.2) is 24.4 Å². The monoisotopic (exact) mass is 180 g/mol. The Bertz CT molecular complexity index is 224. The fourth-order valence-corrected chi connectivity index (χ4v) is 0.972. The Morgan fingerprint density at radius 3 is 2.92 bits per heavy atom. The lowest BCUT2D eigenvalue weighted by Gasteiger charge is -2.09. The molecule has 1 aromatic rings. The Balaban J connectivity index is 2.20. The van der Waals surface area contributed by atoms with Crippen molar-refractivity contribution in [1.82, 2.24) is 10.3 Å². The average Bonchev–Trinajstić information content (AvgIpc) is 2.19. The minimum Gasteiger partial charge on any atom is -0.329 e. The van der Waals surface area contributed by atoms with Crippen molar-refractivity contribution in [2.24, 2.45) is 11.5 Å². The zero-order valence-corrected chi connectivity index (χ0v) is 7.61. The number of nitrogens with two attached hydrogens (primary N) is 2. The van der Waals surface area contributed by atoms with Crippen molar-refractivity contribution in [2.45, 2.75) is 12.6 Å². The average molecular weight is 180 g/mol. The van der Waals surface area contributed by atoms with Crippen molar-refractivity contribution in [3.05, 3.63) is 30.1 Å². The van der Waals surface area contributed by atoms with Crippen molar-refractivity contribution >= 4 is 0 Å². The molecule has 0 aliphatic rings. The van der Waals surface area contributed by atoms with E-state index in [0.29, 0.717) is 6.54 Å². The summed E-state index contributed by atoms with van der Waals surface area (Å²) in [7, 11) is 0. The summed E-state index contributed by atoms with van der Waals surface area (Å²) in [5.41, 5.74) is 12.0. The summed E-state index contributed by atoms with van der Waals surface area (Å²) in [6.07, 6.45) is 1.78. The summed E-state index contributed by atoms with van der Waals surface area (Å²) in [5, 5.41) is 3.18. The van der Waals surface area contributed by atoms with Crippen LogP contribution in [0.2, 0.25) is 0 Å². The van der Waals surface area contributed by atoms with Crippen molar-refractivity contribution < 1.29 is 0 Å². The Morgan fingerprint density at radius 2 is 2.31 bits per heavy atom. The molecule has 0 bridgehead atoms. The van der Waals surface area contributed by atoms with Crippen LogP contribution in [0.25, 0.3) is 0 Å². The molecule has 1 rings (SSSR count). The highest BCUT2D eigenvalue weighted by Crippen LogP contribution is 1.91. The molecule has 4 heteroatoms. The first-order valence-electron chi connectivity index (χ1n) is 4.39. The maximum atomic E-state index is 5.63. The second-order valence-corrected chi connectivity index (χ2v) is 2.95. The molecule has 0 saturated heterocycles. The summed E-state index contributed by atoms with van der Waals surface area (Å²) in [6, 6.07) is 5.87.